The SMILES string of the molecule is CC(C)(CCC(=O)O)NC(=O)Nc1ccc2nc(C3CC3)oc2c1. The first-order chi connectivity index (χ1) is 11.3. The van der Waals surface area contributed by atoms with Crippen LogP contribution in [0.25, 0.3) is 11.1 Å². The number of carbonyl (C=O) groups is 2. The van der Waals surface area contributed by atoms with E-state index in [-0.39, 0.29) is 12.5 Å². The molecule has 1 saturated carbocycles. The van der Waals surface area contributed by atoms with E-state index in [9.17, 15) is 9.59 Å². The molecule has 0 radical (unpaired) electrons. The number of urea groups is 1. The highest BCUT2D eigenvalue weighted by atomic mass is 16.4. The van der Waals surface area contributed by atoms with Gasteiger partial charge in [-0.15, -0.1) is 0 Å². The van der Waals surface area contributed by atoms with Gasteiger partial charge in [-0.3, -0.25) is 4.79 Å². The normalized spacial score (nSPS) is 14.6. The van der Waals surface area contributed by atoms with E-state index in [0.717, 1.165) is 24.2 Å². The summed E-state index contributed by atoms with van der Waals surface area (Å²) >= 11 is 0. The van der Waals surface area contributed by atoms with Crippen LogP contribution in [-0.2, 0) is 4.79 Å². The standard InChI is InChI=1S/C17H21N3O4/c1-17(2,8-7-14(21)22)20-16(23)18-11-5-6-12-13(9-11)24-15(19-12)10-3-4-10/h5-6,9-10H,3-4,7-8H2,1-2H3,(H,21,22)(H2,18,20,23). The number of nitrogens with one attached hydrogen (secondary N) is 2. The van der Waals surface area contributed by atoms with Crippen molar-refractivity contribution in [3.63, 3.8) is 0 Å². The van der Waals surface area contributed by atoms with Crippen molar-refractivity contribution in [3.8, 4) is 0 Å². The molecule has 24 heavy (non-hydrogen) atoms. The van der Waals surface area contributed by atoms with Crippen LogP contribution in [0.4, 0.5) is 10.5 Å². The van der Waals surface area contributed by atoms with Crippen molar-refractivity contribution in [2.24, 2.45) is 0 Å². The molecule has 1 heterocycles. The lowest BCUT2D eigenvalue weighted by Crippen LogP contribution is -2.45. The molecule has 7 heteroatoms. The number of nitrogens with zero attached hydrogens (tertiary/aromatic N) is 1. The molecule has 0 bridgehead atoms. The average molecular weight is 331 g/mol. The maximum Gasteiger partial charge on any atom is 0.319 e. The molecule has 1 aromatic heterocycles. The Balaban J connectivity index is 1.63. The van der Waals surface area contributed by atoms with Crippen LogP contribution in [0.1, 0.15) is 51.3 Å². The molecule has 1 fully saturated rings. The zero-order chi connectivity index (χ0) is 17.3. The summed E-state index contributed by atoms with van der Waals surface area (Å²) in [6.45, 7) is 3.58. The van der Waals surface area contributed by atoms with Gasteiger partial charge in [0.1, 0.15) is 5.52 Å². The number of oxazole rings is 1. The molecular formula is C17H21N3O4. The Labute approximate surface area is 139 Å². The molecule has 2 aromatic rings. The molecular weight excluding hydrogens is 310 g/mol. The van der Waals surface area contributed by atoms with Gasteiger partial charge in [-0.2, -0.15) is 0 Å². The van der Waals surface area contributed by atoms with Gasteiger partial charge in [0.05, 0.1) is 0 Å². The predicted octanol–water partition coefficient (Wildman–Crippen LogP) is 3.47. The van der Waals surface area contributed by atoms with Crippen LogP contribution in [0.15, 0.2) is 22.6 Å². The van der Waals surface area contributed by atoms with E-state index in [0.29, 0.717) is 23.6 Å². The van der Waals surface area contributed by atoms with Crippen molar-refractivity contribution < 1.29 is 19.1 Å². The molecule has 1 aliphatic rings. The Bertz CT molecular complexity index is 777. The topological polar surface area (TPSA) is 104 Å². The van der Waals surface area contributed by atoms with Gasteiger partial charge in [-0.1, -0.05) is 0 Å². The number of hydrogen-bond donors (Lipinski definition) is 3. The number of aromatic nitrogens is 1. The second kappa shape index (κ2) is 6.14. The first kappa shape index (κ1) is 16.3. The Morgan fingerprint density at radius 1 is 1.38 bits per heavy atom. The summed E-state index contributed by atoms with van der Waals surface area (Å²) in [4.78, 5) is 27.2. The van der Waals surface area contributed by atoms with Gasteiger partial charge in [0.15, 0.2) is 11.5 Å². The molecule has 3 rings (SSSR count). The zero-order valence-electron chi connectivity index (χ0n) is 13.8. The molecule has 3 N–H and O–H groups in total. The number of amides is 2. The van der Waals surface area contributed by atoms with Crippen LogP contribution in [-0.4, -0.2) is 27.6 Å². The Morgan fingerprint density at radius 3 is 2.79 bits per heavy atom. The summed E-state index contributed by atoms with van der Waals surface area (Å²) in [6, 6.07) is 4.95. The molecule has 2 amide bonds. The number of rotatable bonds is 6. The van der Waals surface area contributed by atoms with Crippen LogP contribution in [0, 0.1) is 0 Å². The highest BCUT2D eigenvalue weighted by molar-refractivity contribution is 5.92. The van der Waals surface area contributed by atoms with Gasteiger partial charge in [0.25, 0.3) is 0 Å². The first-order valence-corrected chi connectivity index (χ1v) is 8.04. The number of fused-ring (bicyclic) bond motifs is 1. The number of benzene rings is 1. The number of anilines is 1. The van der Waals surface area contributed by atoms with E-state index in [1.54, 1.807) is 26.0 Å². The molecule has 7 nitrogen and oxygen atoms in total. The number of carbonyl (C=O) groups excluding carboxylic acids is 1. The van der Waals surface area contributed by atoms with E-state index < -0.39 is 11.5 Å². The summed E-state index contributed by atoms with van der Waals surface area (Å²) in [6.07, 6.45) is 2.58. The second-order valence-corrected chi connectivity index (χ2v) is 6.87. The average Bonchev–Trinajstić information content (AvgIpc) is 3.24. The fourth-order valence-electron chi connectivity index (χ4n) is 2.48. The third-order valence-electron chi connectivity index (χ3n) is 4.01. The maximum atomic E-state index is 12.1. The van der Waals surface area contributed by atoms with Crippen LogP contribution in [0.2, 0.25) is 0 Å². The highest BCUT2D eigenvalue weighted by Gasteiger charge is 2.29. The van der Waals surface area contributed by atoms with Gasteiger partial charge < -0.3 is 20.2 Å². The van der Waals surface area contributed by atoms with Crippen molar-refractivity contribution in [3.05, 3.63) is 24.1 Å². The zero-order valence-corrected chi connectivity index (χ0v) is 13.8. The van der Waals surface area contributed by atoms with E-state index >= 15 is 0 Å². The van der Waals surface area contributed by atoms with Crippen molar-refractivity contribution in [2.75, 3.05) is 5.32 Å². The van der Waals surface area contributed by atoms with E-state index in [1.807, 2.05) is 6.07 Å². The largest absolute Gasteiger partial charge is 0.481 e. The Morgan fingerprint density at radius 2 is 2.12 bits per heavy atom. The van der Waals surface area contributed by atoms with Crippen LogP contribution in [0.3, 0.4) is 0 Å². The first-order valence-electron chi connectivity index (χ1n) is 8.04. The molecule has 0 aliphatic heterocycles. The maximum absolute atomic E-state index is 12.1. The quantitative estimate of drug-likeness (QED) is 0.752. The lowest BCUT2D eigenvalue weighted by Gasteiger charge is -2.25. The summed E-state index contributed by atoms with van der Waals surface area (Å²) < 4.78 is 5.73. The Hall–Kier alpha value is -2.57. The minimum Gasteiger partial charge on any atom is -0.481 e. The van der Waals surface area contributed by atoms with Crippen molar-refractivity contribution in [2.45, 2.75) is 51.0 Å². The van der Waals surface area contributed by atoms with Gasteiger partial charge in [0, 0.05) is 29.6 Å². The minimum atomic E-state index is -0.882. The van der Waals surface area contributed by atoms with Crippen LogP contribution < -0.4 is 10.6 Å². The smallest absolute Gasteiger partial charge is 0.319 e. The van der Waals surface area contributed by atoms with Gasteiger partial charge in [0.2, 0.25) is 0 Å². The lowest BCUT2D eigenvalue weighted by atomic mass is 9.99. The van der Waals surface area contributed by atoms with E-state index in [1.165, 1.54) is 0 Å². The number of hydrogen-bond acceptors (Lipinski definition) is 4. The van der Waals surface area contributed by atoms with Crippen LogP contribution in [0.5, 0.6) is 0 Å². The summed E-state index contributed by atoms with van der Waals surface area (Å²) in [5, 5.41) is 14.3. The fraction of sp³-hybridized carbons (Fsp3) is 0.471. The van der Waals surface area contributed by atoms with E-state index in [2.05, 4.69) is 15.6 Å². The molecule has 0 atom stereocenters. The third-order valence-corrected chi connectivity index (χ3v) is 4.01. The lowest BCUT2D eigenvalue weighted by molar-refractivity contribution is -0.137. The number of aliphatic carboxylic acids is 1. The van der Waals surface area contributed by atoms with Gasteiger partial charge in [-0.05, 0) is 45.2 Å². The van der Waals surface area contributed by atoms with Gasteiger partial charge >= 0.3 is 12.0 Å². The Kier molecular flexibility index (Phi) is 4.17. The third kappa shape index (κ3) is 4.04. The molecule has 128 valence electrons. The van der Waals surface area contributed by atoms with Crippen molar-refractivity contribution in [1.82, 2.24) is 10.3 Å². The fourth-order valence-corrected chi connectivity index (χ4v) is 2.48. The molecule has 1 aliphatic carbocycles. The summed E-state index contributed by atoms with van der Waals surface area (Å²) in [7, 11) is 0. The van der Waals surface area contributed by atoms with Crippen molar-refractivity contribution >= 4 is 28.8 Å². The molecule has 0 saturated heterocycles. The predicted molar refractivity (Wildman–Crippen MR) is 89.1 cm³/mol. The number of carboxylic acid groups (broad SMARTS) is 1. The monoisotopic (exact) mass is 331 g/mol. The minimum absolute atomic E-state index is 0.00124. The number of carboxylic acids is 1. The molecule has 0 unspecified atom stereocenters. The van der Waals surface area contributed by atoms with Gasteiger partial charge in [-0.25, -0.2) is 9.78 Å². The van der Waals surface area contributed by atoms with Crippen LogP contribution >= 0.6 is 0 Å². The second-order valence-electron chi connectivity index (χ2n) is 6.87. The van der Waals surface area contributed by atoms with Crippen molar-refractivity contribution in [1.29, 1.82) is 0 Å². The summed E-state index contributed by atoms with van der Waals surface area (Å²) in [5.41, 5.74) is 1.43. The highest BCUT2D eigenvalue weighted by Crippen LogP contribution is 2.40. The molecule has 1 aromatic carbocycles. The summed E-state index contributed by atoms with van der Waals surface area (Å²) in [5.74, 6) is 0.320. The van der Waals surface area contributed by atoms with E-state index in [4.69, 9.17) is 9.52 Å². The molecule has 0 spiro atoms.